The van der Waals surface area contributed by atoms with E-state index in [4.69, 9.17) is 5.11 Å². The minimum absolute atomic E-state index is 0.183. The third-order valence-electron chi connectivity index (χ3n) is 1.67. The second-order valence-corrected chi connectivity index (χ2v) is 3.74. The first-order chi connectivity index (χ1) is 6.50. The fourth-order valence-corrected chi connectivity index (χ4v) is 1.23. The summed E-state index contributed by atoms with van der Waals surface area (Å²) in [6.07, 6.45) is 0. The molecule has 1 aromatic rings. The number of aliphatic carboxylic acids is 1. The molecule has 0 heterocycles. The standard InChI is InChI=1S/C9H9BrFNO2/c1-5(9(13)14)12-8-3-2-6(10)4-7(8)11/h2-5,12H,1H3,(H,13,14)/t5-/m0/s1. The van der Waals surface area contributed by atoms with E-state index in [0.717, 1.165) is 0 Å². The summed E-state index contributed by atoms with van der Waals surface area (Å²) in [5.74, 6) is -1.50. The van der Waals surface area contributed by atoms with Crippen LogP contribution in [0.25, 0.3) is 0 Å². The van der Waals surface area contributed by atoms with E-state index in [9.17, 15) is 9.18 Å². The summed E-state index contributed by atoms with van der Waals surface area (Å²) in [4.78, 5) is 10.5. The van der Waals surface area contributed by atoms with Crippen LogP contribution < -0.4 is 5.32 Å². The van der Waals surface area contributed by atoms with Gasteiger partial charge < -0.3 is 10.4 Å². The lowest BCUT2D eigenvalue weighted by atomic mass is 10.2. The molecule has 0 spiro atoms. The zero-order valence-corrected chi connectivity index (χ0v) is 9.01. The molecular formula is C9H9BrFNO2. The molecule has 1 atom stereocenters. The first kappa shape index (κ1) is 11.0. The van der Waals surface area contributed by atoms with Gasteiger partial charge in [0.25, 0.3) is 0 Å². The van der Waals surface area contributed by atoms with Crippen molar-refractivity contribution in [1.29, 1.82) is 0 Å². The summed E-state index contributed by atoms with van der Waals surface area (Å²) >= 11 is 3.11. The van der Waals surface area contributed by atoms with Crippen LogP contribution in [0, 0.1) is 5.82 Å². The Kier molecular flexibility index (Phi) is 3.46. The van der Waals surface area contributed by atoms with E-state index in [0.29, 0.717) is 4.47 Å². The van der Waals surface area contributed by atoms with Crippen molar-refractivity contribution in [2.24, 2.45) is 0 Å². The van der Waals surface area contributed by atoms with Crippen LogP contribution in [0.2, 0.25) is 0 Å². The van der Waals surface area contributed by atoms with Gasteiger partial charge in [0.2, 0.25) is 0 Å². The monoisotopic (exact) mass is 261 g/mol. The van der Waals surface area contributed by atoms with Crippen LogP contribution in [0.4, 0.5) is 10.1 Å². The Bertz CT molecular complexity index is 357. The van der Waals surface area contributed by atoms with Gasteiger partial charge in [-0.15, -0.1) is 0 Å². The Labute approximate surface area is 89.1 Å². The molecule has 3 nitrogen and oxygen atoms in total. The third-order valence-corrected chi connectivity index (χ3v) is 2.17. The lowest BCUT2D eigenvalue weighted by molar-refractivity contribution is -0.137. The number of carboxylic acids is 1. The number of rotatable bonds is 3. The largest absolute Gasteiger partial charge is 0.480 e. The van der Waals surface area contributed by atoms with Crippen LogP contribution in [0.1, 0.15) is 6.92 Å². The molecule has 0 unspecified atom stereocenters. The minimum Gasteiger partial charge on any atom is -0.480 e. The SMILES string of the molecule is C[C@H](Nc1ccc(Br)cc1F)C(=O)O. The van der Waals surface area contributed by atoms with Gasteiger partial charge in [-0.25, -0.2) is 4.39 Å². The zero-order chi connectivity index (χ0) is 10.7. The van der Waals surface area contributed by atoms with Crippen LogP contribution in [-0.4, -0.2) is 17.1 Å². The Morgan fingerprint density at radius 3 is 2.79 bits per heavy atom. The number of carboxylic acid groups (broad SMARTS) is 1. The highest BCUT2D eigenvalue weighted by atomic mass is 79.9. The van der Waals surface area contributed by atoms with E-state index in [2.05, 4.69) is 21.2 Å². The molecule has 2 N–H and O–H groups in total. The summed E-state index contributed by atoms with van der Waals surface area (Å²) in [6, 6.07) is 3.58. The van der Waals surface area contributed by atoms with Crippen LogP contribution in [0.5, 0.6) is 0 Å². The Balaban J connectivity index is 2.82. The van der Waals surface area contributed by atoms with Gasteiger partial charge in [-0.1, -0.05) is 15.9 Å². The molecule has 0 bridgehead atoms. The lowest BCUT2D eigenvalue weighted by Gasteiger charge is -2.11. The maximum Gasteiger partial charge on any atom is 0.325 e. The van der Waals surface area contributed by atoms with E-state index in [1.807, 2.05) is 0 Å². The Morgan fingerprint density at radius 2 is 2.29 bits per heavy atom. The highest BCUT2D eigenvalue weighted by molar-refractivity contribution is 9.10. The predicted molar refractivity (Wildman–Crippen MR) is 54.8 cm³/mol. The molecule has 0 amide bonds. The van der Waals surface area contributed by atoms with Gasteiger partial charge in [0.1, 0.15) is 11.9 Å². The molecule has 0 aliphatic heterocycles. The highest BCUT2D eigenvalue weighted by Gasteiger charge is 2.12. The van der Waals surface area contributed by atoms with Crippen LogP contribution in [0.3, 0.4) is 0 Å². The van der Waals surface area contributed by atoms with E-state index in [1.54, 1.807) is 6.07 Å². The van der Waals surface area contributed by atoms with E-state index < -0.39 is 17.8 Å². The topological polar surface area (TPSA) is 49.3 Å². The molecule has 0 saturated carbocycles. The van der Waals surface area contributed by atoms with Crippen molar-refractivity contribution in [2.45, 2.75) is 13.0 Å². The number of nitrogens with one attached hydrogen (secondary N) is 1. The number of anilines is 1. The Morgan fingerprint density at radius 1 is 1.64 bits per heavy atom. The molecule has 5 heteroatoms. The van der Waals surface area contributed by atoms with E-state index >= 15 is 0 Å². The van der Waals surface area contributed by atoms with Crippen molar-refractivity contribution >= 4 is 27.6 Å². The second kappa shape index (κ2) is 4.41. The van der Waals surface area contributed by atoms with Gasteiger partial charge >= 0.3 is 5.97 Å². The maximum absolute atomic E-state index is 13.2. The zero-order valence-electron chi connectivity index (χ0n) is 7.42. The Hall–Kier alpha value is -1.10. The first-order valence-corrected chi connectivity index (χ1v) is 4.74. The van der Waals surface area contributed by atoms with Crippen molar-refractivity contribution in [1.82, 2.24) is 0 Å². The number of halogens is 2. The van der Waals surface area contributed by atoms with Crippen molar-refractivity contribution in [2.75, 3.05) is 5.32 Å². The van der Waals surface area contributed by atoms with Gasteiger partial charge in [-0.2, -0.15) is 0 Å². The molecule has 14 heavy (non-hydrogen) atoms. The molecule has 1 rings (SSSR count). The highest BCUT2D eigenvalue weighted by Crippen LogP contribution is 2.19. The molecule has 0 radical (unpaired) electrons. The van der Waals surface area contributed by atoms with Gasteiger partial charge in [0.05, 0.1) is 5.69 Å². The quantitative estimate of drug-likeness (QED) is 0.879. The summed E-state index contributed by atoms with van der Waals surface area (Å²) in [6.45, 7) is 1.45. The second-order valence-electron chi connectivity index (χ2n) is 2.83. The predicted octanol–water partition coefficient (Wildman–Crippen LogP) is 2.47. The van der Waals surface area contributed by atoms with Gasteiger partial charge in [0.15, 0.2) is 0 Å². The normalized spacial score (nSPS) is 12.2. The fourth-order valence-electron chi connectivity index (χ4n) is 0.902. The minimum atomic E-state index is -1.02. The smallest absolute Gasteiger partial charge is 0.325 e. The lowest BCUT2D eigenvalue weighted by Crippen LogP contribution is -2.25. The van der Waals surface area contributed by atoms with Crippen molar-refractivity contribution in [3.63, 3.8) is 0 Å². The number of carbonyl (C=O) groups is 1. The van der Waals surface area contributed by atoms with E-state index in [1.165, 1.54) is 19.1 Å². The average Bonchev–Trinajstić information content (AvgIpc) is 2.09. The molecule has 0 aliphatic rings. The summed E-state index contributed by atoms with van der Waals surface area (Å²) in [7, 11) is 0. The van der Waals surface area contributed by atoms with Crippen molar-refractivity contribution in [3.8, 4) is 0 Å². The maximum atomic E-state index is 13.2. The molecule has 0 saturated heterocycles. The number of hydrogen-bond donors (Lipinski definition) is 2. The van der Waals surface area contributed by atoms with Crippen LogP contribution >= 0.6 is 15.9 Å². The molecule has 76 valence electrons. The number of hydrogen-bond acceptors (Lipinski definition) is 2. The molecular weight excluding hydrogens is 253 g/mol. The van der Waals surface area contributed by atoms with Crippen molar-refractivity contribution in [3.05, 3.63) is 28.5 Å². The molecule has 0 aliphatic carbocycles. The van der Waals surface area contributed by atoms with Crippen LogP contribution in [-0.2, 0) is 4.79 Å². The summed E-state index contributed by atoms with van der Waals surface area (Å²) in [5, 5.41) is 11.1. The van der Waals surface area contributed by atoms with Gasteiger partial charge in [-0.3, -0.25) is 4.79 Å². The summed E-state index contributed by atoms with van der Waals surface area (Å²) in [5.41, 5.74) is 0.183. The molecule has 0 aromatic heterocycles. The third kappa shape index (κ3) is 2.70. The van der Waals surface area contributed by atoms with Crippen molar-refractivity contribution < 1.29 is 14.3 Å². The van der Waals surface area contributed by atoms with Gasteiger partial charge in [0, 0.05) is 4.47 Å². The van der Waals surface area contributed by atoms with Gasteiger partial charge in [-0.05, 0) is 25.1 Å². The fraction of sp³-hybridized carbons (Fsp3) is 0.222. The number of benzene rings is 1. The van der Waals surface area contributed by atoms with E-state index in [-0.39, 0.29) is 5.69 Å². The first-order valence-electron chi connectivity index (χ1n) is 3.95. The summed E-state index contributed by atoms with van der Waals surface area (Å²) < 4.78 is 13.8. The molecule has 1 aromatic carbocycles. The van der Waals surface area contributed by atoms with Crippen LogP contribution in [0.15, 0.2) is 22.7 Å². The molecule has 0 fully saturated rings. The average molecular weight is 262 g/mol.